The zero-order valence-electron chi connectivity index (χ0n) is 11.1. The Morgan fingerprint density at radius 1 is 1.00 bits per heavy atom. The highest BCUT2D eigenvalue weighted by Gasteiger charge is 2.24. The molecule has 2 aliphatic carbocycles. The molecule has 0 bridgehead atoms. The van der Waals surface area contributed by atoms with E-state index in [1.165, 1.54) is 33.4 Å². The Labute approximate surface area is 113 Å². The molecule has 1 unspecified atom stereocenters. The third-order valence-electron chi connectivity index (χ3n) is 4.24. The Hall–Kier alpha value is -2.02. The van der Waals surface area contributed by atoms with Crippen LogP contribution in [-0.4, -0.2) is 4.98 Å². The summed E-state index contributed by atoms with van der Waals surface area (Å²) in [5.74, 6) is 0.632. The molecule has 2 aliphatic rings. The third-order valence-corrected chi connectivity index (χ3v) is 4.24. The summed E-state index contributed by atoms with van der Waals surface area (Å²) < 4.78 is 0. The van der Waals surface area contributed by atoms with Crippen LogP contribution < -0.4 is 0 Å². The molecule has 0 fully saturated rings. The van der Waals surface area contributed by atoms with E-state index in [2.05, 4.69) is 60.7 Å². The van der Waals surface area contributed by atoms with Crippen LogP contribution in [0.2, 0.25) is 0 Å². The molecule has 1 nitrogen and oxygen atoms in total. The summed E-state index contributed by atoms with van der Waals surface area (Å²) in [4.78, 5) is 3.27. The fourth-order valence-electron chi connectivity index (χ4n) is 3.28. The number of H-pyrrole nitrogens is 1. The van der Waals surface area contributed by atoms with Crippen LogP contribution in [0.1, 0.15) is 35.6 Å². The first-order valence-electron chi connectivity index (χ1n) is 6.99. The highest BCUT2D eigenvalue weighted by molar-refractivity contribution is 6.07. The van der Waals surface area contributed by atoms with Crippen LogP contribution in [0.25, 0.3) is 11.1 Å². The van der Waals surface area contributed by atoms with E-state index < -0.39 is 0 Å². The van der Waals surface area contributed by atoms with Crippen molar-refractivity contribution in [2.24, 2.45) is 5.92 Å². The van der Waals surface area contributed by atoms with Crippen molar-refractivity contribution in [1.29, 1.82) is 0 Å². The molecular weight excluding hydrogens is 230 g/mol. The molecule has 0 amide bonds. The lowest BCUT2D eigenvalue weighted by Gasteiger charge is -2.19. The summed E-state index contributed by atoms with van der Waals surface area (Å²) in [6.45, 7) is 2.30. The monoisotopic (exact) mass is 247 g/mol. The fraction of sp³-hybridized carbons (Fsp3) is 0.222. The molecule has 1 heteroatoms. The first kappa shape index (κ1) is 10.9. The maximum absolute atomic E-state index is 3.27. The molecule has 94 valence electrons. The molecule has 4 rings (SSSR count). The Bertz CT molecular complexity index is 700. The van der Waals surface area contributed by atoms with Crippen LogP contribution >= 0.6 is 0 Å². The Balaban J connectivity index is 2.03. The maximum atomic E-state index is 3.27. The van der Waals surface area contributed by atoms with Gasteiger partial charge in [0.15, 0.2) is 0 Å². The van der Waals surface area contributed by atoms with Crippen LogP contribution in [0.4, 0.5) is 0 Å². The van der Waals surface area contributed by atoms with Gasteiger partial charge in [-0.25, -0.2) is 0 Å². The minimum Gasteiger partial charge on any atom is -0.367 e. The lowest BCUT2D eigenvalue weighted by Crippen LogP contribution is -2.00. The molecular formula is C18H17N. The second-order valence-electron chi connectivity index (χ2n) is 5.64. The van der Waals surface area contributed by atoms with Crippen LogP contribution in [0.5, 0.6) is 0 Å². The number of aromatic nitrogens is 1. The highest BCUT2D eigenvalue weighted by atomic mass is 14.6. The zero-order chi connectivity index (χ0) is 12.8. The van der Waals surface area contributed by atoms with Gasteiger partial charge in [0.25, 0.3) is 0 Å². The molecule has 0 spiro atoms. The quantitative estimate of drug-likeness (QED) is 0.709. The second-order valence-corrected chi connectivity index (χ2v) is 5.64. The molecule has 0 saturated heterocycles. The van der Waals surface area contributed by atoms with Gasteiger partial charge >= 0.3 is 0 Å². The lowest BCUT2D eigenvalue weighted by atomic mass is 9.85. The number of rotatable bonds is 0. The minimum absolute atomic E-state index is 0.632. The van der Waals surface area contributed by atoms with E-state index in [9.17, 15) is 0 Å². The first-order valence-corrected chi connectivity index (χ1v) is 6.99. The van der Waals surface area contributed by atoms with Crippen LogP contribution in [-0.2, 0) is 6.42 Å². The lowest BCUT2D eigenvalue weighted by molar-refractivity contribution is 0.742. The Morgan fingerprint density at radius 2 is 1.89 bits per heavy atom. The number of nitrogens with one attached hydrogen (secondary N) is 1. The molecule has 0 radical (unpaired) electrons. The third kappa shape index (κ3) is 1.61. The average Bonchev–Trinajstić information content (AvgIpc) is 2.83. The molecule has 0 aliphatic heterocycles. The number of aromatic amines is 1. The summed E-state index contributed by atoms with van der Waals surface area (Å²) in [5, 5.41) is 0. The molecule has 19 heavy (non-hydrogen) atoms. The van der Waals surface area contributed by atoms with Gasteiger partial charge < -0.3 is 4.98 Å². The normalized spacial score (nSPS) is 20.6. The number of benzene rings is 1. The molecule has 0 saturated carbocycles. The van der Waals surface area contributed by atoms with Crippen LogP contribution in [0.15, 0.2) is 48.8 Å². The van der Waals surface area contributed by atoms with Crippen molar-refractivity contribution in [2.45, 2.75) is 19.8 Å². The van der Waals surface area contributed by atoms with Crippen molar-refractivity contribution < 1.29 is 0 Å². The SMILES string of the molecule is CC1C=C2C(=CC1)c1c[nH]cc1Cc1ccccc12. The molecule has 1 atom stereocenters. The minimum atomic E-state index is 0.632. The average molecular weight is 247 g/mol. The second kappa shape index (κ2) is 3.99. The van der Waals surface area contributed by atoms with Gasteiger partial charge in [0, 0.05) is 24.4 Å². The summed E-state index contributed by atoms with van der Waals surface area (Å²) in [5.41, 5.74) is 8.49. The predicted molar refractivity (Wildman–Crippen MR) is 79.8 cm³/mol. The van der Waals surface area contributed by atoms with Gasteiger partial charge in [-0.15, -0.1) is 0 Å². The van der Waals surface area contributed by atoms with Crippen molar-refractivity contribution in [3.05, 3.63) is 71.1 Å². The fourth-order valence-corrected chi connectivity index (χ4v) is 3.28. The maximum Gasteiger partial charge on any atom is 0.00872 e. The van der Waals surface area contributed by atoms with E-state index in [0.717, 1.165) is 12.8 Å². The number of hydrogen-bond donors (Lipinski definition) is 1. The van der Waals surface area contributed by atoms with E-state index in [1.807, 2.05) is 0 Å². The Morgan fingerprint density at radius 3 is 2.84 bits per heavy atom. The zero-order valence-corrected chi connectivity index (χ0v) is 11.1. The summed E-state index contributed by atoms with van der Waals surface area (Å²) in [6, 6.07) is 8.82. The largest absolute Gasteiger partial charge is 0.367 e. The smallest absolute Gasteiger partial charge is 0.00872 e. The standard InChI is InChI=1S/C18H17N/c1-12-6-7-16-17(8-12)15-5-3-2-4-13(15)9-14-10-19-11-18(14)16/h2-5,7-8,10-12,19H,6,9H2,1H3. The first-order chi connectivity index (χ1) is 9.33. The van der Waals surface area contributed by atoms with Gasteiger partial charge in [0.1, 0.15) is 0 Å². The molecule has 1 aromatic carbocycles. The van der Waals surface area contributed by atoms with Gasteiger partial charge in [0.05, 0.1) is 0 Å². The van der Waals surface area contributed by atoms with Crippen molar-refractivity contribution in [1.82, 2.24) is 4.98 Å². The van der Waals surface area contributed by atoms with E-state index in [0.29, 0.717) is 5.92 Å². The molecule has 2 aromatic rings. The molecule has 1 N–H and O–H groups in total. The summed E-state index contributed by atoms with van der Waals surface area (Å²) >= 11 is 0. The Kier molecular flexibility index (Phi) is 2.28. The molecule has 1 heterocycles. The van der Waals surface area contributed by atoms with Crippen LogP contribution in [0, 0.1) is 5.92 Å². The van der Waals surface area contributed by atoms with Gasteiger partial charge in [-0.2, -0.15) is 0 Å². The predicted octanol–water partition coefficient (Wildman–Crippen LogP) is 4.43. The van der Waals surface area contributed by atoms with Gasteiger partial charge in [0.2, 0.25) is 0 Å². The van der Waals surface area contributed by atoms with Gasteiger partial charge in [-0.05, 0) is 40.2 Å². The van der Waals surface area contributed by atoms with E-state index in [-0.39, 0.29) is 0 Å². The van der Waals surface area contributed by atoms with Crippen molar-refractivity contribution in [3.8, 4) is 0 Å². The summed E-state index contributed by atoms with van der Waals surface area (Å²) in [6.07, 6.45) is 11.3. The highest BCUT2D eigenvalue weighted by Crippen LogP contribution is 2.42. The van der Waals surface area contributed by atoms with E-state index >= 15 is 0 Å². The van der Waals surface area contributed by atoms with E-state index in [4.69, 9.17) is 0 Å². The summed E-state index contributed by atoms with van der Waals surface area (Å²) in [7, 11) is 0. The number of allylic oxidation sites excluding steroid dienone is 4. The van der Waals surface area contributed by atoms with Crippen molar-refractivity contribution >= 4 is 11.1 Å². The molecule has 1 aromatic heterocycles. The van der Waals surface area contributed by atoms with Gasteiger partial charge in [-0.3, -0.25) is 0 Å². The number of fused-ring (bicyclic) bond motifs is 5. The number of hydrogen-bond acceptors (Lipinski definition) is 0. The van der Waals surface area contributed by atoms with Crippen LogP contribution in [0.3, 0.4) is 0 Å². The van der Waals surface area contributed by atoms with Crippen molar-refractivity contribution in [2.75, 3.05) is 0 Å². The van der Waals surface area contributed by atoms with Crippen molar-refractivity contribution in [3.63, 3.8) is 0 Å². The topological polar surface area (TPSA) is 15.8 Å². The van der Waals surface area contributed by atoms with Gasteiger partial charge in [-0.1, -0.05) is 43.3 Å². The van der Waals surface area contributed by atoms with E-state index in [1.54, 1.807) is 0 Å².